The number of amides is 2. The number of aryl methyl sites for hydroxylation is 1. The topological polar surface area (TPSA) is 94.0 Å². The van der Waals surface area contributed by atoms with Gasteiger partial charge in [0.2, 0.25) is 6.10 Å². The van der Waals surface area contributed by atoms with Crippen LogP contribution in [0.2, 0.25) is 0 Å². The van der Waals surface area contributed by atoms with Gasteiger partial charge in [-0.15, -0.1) is 0 Å². The number of fused-ring (bicyclic) bond motifs is 2. The number of para-hydroxylation sites is 2. The van der Waals surface area contributed by atoms with E-state index in [0.717, 1.165) is 0 Å². The number of ether oxygens (including phenoxy) is 2. The zero-order valence-electron chi connectivity index (χ0n) is 17.6. The van der Waals surface area contributed by atoms with Gasteiger partial charge in [-0.2, -0.15) is 5.10 Å². The predicted octanol–water partition coefficient (Wildman–Crippen LogP) is 1.06. The Balaban J connectivity index is 1.28. The number of carbonyl (C=O) groups is 2. The number of hydrogen-bond donors (Lipinski definition) is 0. The minimum absolute atomic E-state index is 0.155. The van der Waals surface area contributed by atoms with Gasteiger partial charge in [-0.3, -0.25) is 14.4 Å². The van der Waals surface area contributed by atoms with Crippen LogP contribution in [0.3, 0.4) is 0 Å². The smallest absolute Gasteiger partial charge is 0.275 e. The lowest BCUT2D eigenvalue weighted by Gasteiger charge is -2.37. The zero-order valence-corrected chi connectivity index (χ0v) is 17.6. The summed E-state index contributed by atoms with van der Waals surface area (Å²) in [6.45, 7) is 1.66. The molecule has 1 saturated heterocycles. The van der Waals surface area contributed by atoms with Gasteiger partial charge in [0.25, 0.3) is 17.4 Å². The molecule has 0 saturated carbocycles. The summed E-state index contributed by atoms with van der Waals surface area (Å²) in [5.74, 6) is 0.773. The largest absolute Gasteiger partial charge is 0.485 e. The number of hydrogen-bond acceptors (Lipinski definition) is 6. The highest BCUT2D eigenvalue weighted by atomic mass is 16.6. The van der Waals surface area contributed by atoms with Gasteiger partial charge >= 0.3 is 0 Å². The van der Waals surface area contributed by atoms with E-state index in [1.165, 1.54) is 11.7 Å². The summed E-state index contributed by atoms with van der Waals surface area (Å²) in [6.07, 6.45) is -0.707. The molecule has 0 bridgehead atoms. The van der Waals surface area contributed by atoms with Gasteiger partial charge in [-0.05, 0) is 18.2 Å². The fourth-order valence-electron chi connectivity index (χ4n) is 4.08. The number of rotatable bonds is 2. The van der Waals surface area contributed by atoms with Crippen molar-refractivity contribution in [3.05, 3.63) is 64.6 Å². The summed E-state index contributed by atoms with van der Waals surface area (Å²) < 4.78 is 12.7. The Morgan fingerprint density at radius 2 is 1.53 bits per heavy atom. The van der Waals surface area contributed by atoms with Crippen LogP contribution in [0.5, 0.6) is 11.5 Å². The number of aromatic nitrogens is 2. The van der Waals surface area contributed by atoms with Crippen LogP contribution in [-0.4, -0.2) is 70.3 Å². The van der Waals surface area contributed by atoms with E-state index >= 15 is 0 Å². The Morgan fingerprint density at radius 1 is 0.906 bits per heavy atom. The fraction of sp³-hybridized carbons (Fsp3) is 0.304. The summed E-state index contributed by atoms with van der Waals surface area (Å²) in [6, 6.07) is 14.2. The summed E-state index contributed by atoms with van der Waals surface area (Å²) >= 11 is 0. The van der Waals surface area contributed by atoms with Crippen LogP contribution in [0.1, 0.15) is 10.5 Å². The summed E-state index contributed by atoms with van der Waals surface area (Å²) in [7, 11) is 1.53. The van der Waals surface area contributed by atoms with Gasteiger partial charge in [0.1, 0.15) is 6.61 Å². The third-order valence-electron chi connectivity index (χ3n) is 5.82. The standard InChI is InChI=1S/C23H22N4O5/c1-25-21(28)16-7-3-2-6-15(16)20(24-25)23(30)27-12-10-26(11-13-27)22(29)19-14-31-17-8-4-5-9-18(17)32-19/h2-9,19H,10-14H2,1H3/t19-/m0/s1. The summed E-state index contributed by atoms with van der Waals surface area (Å²) in [5.41, 5.74) is -0.00746. The van der Waals surface area contributed by atoms with Crippen molar-refractivity contribution in [2.24, 2.45) is 7.05 Å². The summed E-state index contributed by atoms with van der Waals surface area (Å²) in [4.78, 5) is 41.8. The molecule has 0 N–H and O–H groups in total. The van der Waals surface area contributed by atoms with Gasteiger partial charge in [0, 0.05) is 38.6 Å². The molecule has 0 aliphatic carbocycles. The molecule has 2 aliphatic heterocycles. The lowest BCUT2D eigenvalue weighted by Crippen LogP contribution is -2.55. The van der Waals surface area contributed by atoms with E-state index in [1.807, 2.05) is 12.1 Å². The van der Waals surface area contributed by atoms with Crippen LogP contribution in [0.15, 0.2) is 53.3 Å². The average Bonchev–Trinajstić information content (AvgIpc) is 2.85. The first kappa shape index (κ1) is 20.0. The lowest BCUT2D eigenvalue weighted by molar-refractivity contribution is -0.142. The van der Waals surface area contributed by atoms with Crippen molar-refractivity contribution in [3.63, 3.8) is 0 Å². The Kier molecular flexibility index (Phi) is 5.01. The van der Waals surface area contributed by atoms with Crippen LogP contribution < -0.4 is 15.0 Å². The lowest BCUT2D eigenvalue weighted by atomic mass is 10.1. The molecule has 3 aromatic rings. The second kappa shape index (κ2) is 7.99. The van der Waals surface area contributed by atoms with E-state index in [9.17, 15) is 14.4 Å². The molecule has 2 aliphatic rings. The third-order valence-corrected chi connectivity index (χ3v) is 5.82. The predicted molar refractivity (Wildman–Crippen MR) is 116 cm³/mol. The van der Waals surface area contributed by atoms with Gasteiger partial charge in [0.05, 0.1) is 5.39 Å². The second-order valence-electron chi connectivity index (χ2n) is 7.80. The minimum atomic E-state index is -0.707. The molecular weight excluding hydrogens is 412 g/mol. The van der Waals surface area contributed by atoms with Crippen molar-refractivity contribution in [2.75, 3.05) is 32.8 Å². The Hall–Kier alpha value is -3.88. The van der Waals surface area contributed by atoms with Crippen molar-refractivity contribution in [1.82, 2.24) is 19.6 Å². The quantitative estimate of drug-likeness (QED) is 0.599. The number of piperazine rings is 1. The zero-order chi connectivity index (χ0) is 22.2. The van der Waals surface area contributed by atoms with Crippen molar-refractivity contribution in [1.29, 1.82) is 0 Å². The van der Waals surface area contributed by atoms with Crippen LogP contribution in [0.4, 0.5) is 0 Å². The maximum Gasteiger partial charge on any atom is 0.275 e. The van der Waals surface area contributed by atoms with Gasteiger partial charge in [-0.1, -0.05) is 30.3 Å². The average molecular weight is 434 g/mol. The highest BCUT2D eigenvalue weighted by Gasteiger charge is 2.34. The first-order valence-electron chi connectivity index (χ1n) is 10.5. The highest BCUT2D eigenvalue weighted by molar-refractivity contribution is 6.04. The molecule has 0 unspecified atom stereocenters. The number of benzene rings is 2. The van der Waals surface area contributed by atoms with E-state index in [-0.39, 0.29) is 29.7 Å². The van der Waals surface area contributed by atoms with Crippen molar-refractivity contribution >= 4 is 22.6 Å². The first-order valence-corrected chi connectivity index (χ1v) is 10.5. The van der Waals surface area contributed by atoms with E-state index in [4.69, 9.17) is 9.47 Å². The molecule has 0 spiro atoms. The monoisotopic (exact) mass is 434 g/mol. The van der Waals surface area contributed by atoms with E-state index in [0.29, 0.717) is 48.5 Å². The first-order chi connectivity index (χ1) is 15.5. The van der Waals surface area contributed by atoms with E-state index in [2.05, 4.69) is 5.10 Å². The molecule has 5 rings (SSSR count). The molecule has 1 atom stereocenters. The number of carbonyl (C=O) groups excluding carboxylic acids is 2. The van der Waals surface area contributed by atoms with E-state index in [1.54, 1.807) is 46.2 Å². The van der Waals surface area contributed by atoms with Gasteiger partial charge < -0.3 is 19.3 Å². The SMILES string of the molecule is Cn1nc(C(=O)N2CCN(C(=O)[C@@H]3COc4ccccc4O3)CC2)c2ccccc2c1=O. The van der Waals surface area contributed by atoms with Crippen molar-refractivity contribution in [3.8, 4) is 11.5 Å². The van der Waals surface area contributed by atoms with E-state index < -0.39 is 6.10 Å². The molecule has 9 nitrogen and oxygen atoms in total. The molecule has 9 heteroatoms. The molecule has 0 radical (unpaired) electrons. The molecule has 3 heterocycles. The molecular formula is C23H22N4O5. The van der Waals surface area contributed by atoms with Crippen LogP contribution in [0, 0.1) is 0 Å². The maximum absolute atomic E-state index is 13.2. The molecule has 164 valence electrons. The Labute approximate surface area is 183 Å². The highest BCUT2D eigenvalue weighted by Crippen LogP contribution is 2.31. The fourth-order valence-corrected chi connectivity index (χ4v) is 4.08. The Bertz CT molecular complexity index is 1260. The maximum atomic E-state index is 13.2. The molecule has 32 heavy (non-hydrogen) atoms. The summed E-state index contributed by atoms with van der Waals surface area (Å²) in [5, 5.41) is 5.21. The minimum Gasteiger partial charge on any atom is -0.485 e. The second-order valence-corrected chi connectivity index (χ2v) is 7.80. The molecule has 1 aromatic heterocycles. The van der Waals surface area contributed by atoms with Gasteiger partial charge in [-0.25, -0.2) is 4.68 Å². The normalized spacial score (nSPS) is 18.0. The number of nitrogens with zero attached hydrogens (tertiary/aromatic N) is 4. The third kappa shape index (κ3) is 3.45. The van der Waals surface area contributed by atoms with Crippen LogP contribution >= 0.6 is 0 Å². The van der Waals surface area contributed by atoms with Crippen molar-refractivity contribution < 1.29 is 19.1 Å². The Morgan fingerprint density at radius 3 is 2.28 bits per heavy atom. The van der Waals surface area contributed by atoms with Gasteiger partial charge in [0.15, 0.2) is 17.2 Å². The van der Waals surface area contributed by atoms with Crippen LogP contribution in [0.25, 0.3) is 10.8 Å². The molecule has 2 amide bonds. The molecule has 2 aromatic carbocycles. The van der Waals surface area contributed by atoms with Crippen LogP contribution in [-0.2, 0) is 11.8 Å². The van der Waals surface area contributed by atoms with Crippen molar-refractivity contribution in [2.45, 2.75) is 6.10 Å². The molecule has 1 fully saturated rings.